The number of aliphatic hydroxyl groups is 1. The van der Waals surface area contributed by atoms with Gasteiger partial charge in [-0.3, -0.25) is 9.69 Å². The minimum atomic E-state index is -4.51. The normalized spacial score (nSPS) is 20.1. The van der Waals surface area contributed by atoms with Crippen LogP contribution in [0.25, 0.3) is 0 Å². The molecule has 2 unspecified atom stereocenters. The van der Waals surface area contributed by atoms with Crippen LogP contribution in [0.5, 0.6) is 0 Å². The Morgan fingerprint density at radius 3 is 2.32 bits per heavy atom. The van der Waals surface area contributed by atoms with Crippen molar-refractivity contribution in [2.75, 3.05) is 13.2 Å². The lowest BCUT2D eigenvalue weighted by atomic mass is 9.91. The maximum absolute atomic E-state index is 12.8. The molecule has 0 radical (unpaired) electrons. The molecule has 0 bridgehead atoms. The van der Waals surface area contributed by atoms with Gasteiger partial charge in [0.05, 0.1) is 31.4 Å². The van der Waals surface area contributed by atoms with Crippen LogP contribution in [-0.2, 0) is 27.9 Å². The van der Waals surface area contributed by atoms with Crippen molar-refractivity contribution in [2.45, 2.75) is 31.3 Å². The van der Waals surface area contributed by atoms with E-state index in [4.69, 9.17) is 16.3 Å². The number of urea groups is 1. The van der Waals surface area contributed by atoms with Crippen LogP contribution in [0, 0.1) is 0 Å². The van der Waals surface area contributed by atoms with Gasteiger partial charge in [-0.15, -0.1) is 0 Å². The fourth-order valence-corrected chi connectivity index (χ4v) is 3.33. The highest BCUT2D eigenvalue weighted by molar-refractivity contribution is 6.30. The number of alkyl halides is 3. The molecule has 3 rings (SSSR count). The predicted octanol–water partition coefficient (Wildman–Crippen LogP) is 3.70. The summed E-state index contributed by atoms with van der Waals surface area (Å²) in [5, 5.41) is 13.3. The van der Waals surface area contributed by atoms with E-state index in [1.807, 2.05) is 0 Å². The lowest BCUT2D eigenvalue weighted by molar-refractivity contribution is -0.137. The minimum Gasteiger partial charge on any atom is -0.389 e. The van der Waals surface area contributed by atoms with Crippen LogP contribution < -0.4 is 5.32 Å². The first kappa shape index (κ1) is 23.1. The molecule has 2 aromatic carbocycles. The number of amides is 3. The van der Waals surface area contributed by atoms with Crippen LogP contribution in [0.15, 0.2) is 48.5 Å². The van der Waals surface area contributed by atoms with E-state index < -0.39 is 35.3 Å². The van der Waals surface area contributed by atoms with E-state index in [1.54, 1.807) is 24.3 Å². The van der Waals surface area contributed by atoms with Gasteiger partial charge in [-0.2, -0.15) is 13.2 Å². The van der Waals surface area contributed by atoms with Gasteiger partial charge in [-0.05, 0) is 42.3 Å². The summed E-state index contributed by atoms with van der Waals surface area (Å²) < 4.78 is 43.7. The number of rotatable bonds is 7. The number of ether oxygens (including phenoxy) is 1. The number of hydrogen-bond donors (Lipinski definition) is 2. The van der Waals surface area contributed by atoms with Crippen molar-refractivity contribution in [3.63, 3.8) is 0 Å². The molecule has 0 saturated carbocycles. The highest BCUT2D eigenvalue weighted by Crippen LogP contribution is 2.33. The second-order valence-electron chi connectivity index (χ2n) is 7.34. The molecule has 1 aliphatic heterocycles. The molecule has 2 aromatic rings. The van der Waals surface area contributed by atoms with Gasteiger partial charge in [0, 0.05) is 5.02 Å². The Balaban J connectivity index is 1.60. The summed E-state index contributed by atoms with van der Waals surface area (Å²) in [6.07, 6.45) is -5.65. The molecular weight excluding hydrogens is 437 g/mol. The van der Waals surface area contributed by atoms with Gasteiger partial charge in [0.1, 0.15) is 5.54 Å². The van der Waals surface area contributed by atoms with Crippen LogP contribution in [0.1, 0.15) is 23.6 Å². The average molecular weight is 457 g/mol. The molecule has 1 fully saturated rings. The van der Waals surface area contributed by atoms with Gasteiger partial charge >= 0.3 is 12.2 Å². The number of nitrogens with one attached hydrogen (secondary N) is 1. The van der Waals surface area contributed by atoms with Crippen molar-refractivity contribution in [2.24, 2.45) is 0 Å². The Labute approximate surface area is 181 Å². The Morgan fingerprint density at radius 2 is 1.74 bits per heavy atom. The number of β-amino-alcohol motifs (C(OH)–C–C–N with tert-alkyl or cyclic N) is 1. The van der Waals surface area contributed by atoms with Crippen molar-refractivity contribution in [1.29, 1.82) is 0 Å². The topological polar surface area (TPSA) is 78.9 Å². The van der Waals surface area contributed by atoms with Gasteiger partial charge in [-0.1, -0.05) is 35.9 Å². The van der Waals surface area contributed by atoms with Crippen LogP contribution >= 0.6 is 11.6 Å². The first-order chi connectivity index (χ1) is 14.5. The van der Waals surface area contributed by atoms with Crippen LogP contribution in [0.2, 0.25) is 5.02 Å². The van der Waals surface area contributed by atoms with Gasteiger partial charge in [0.25, 0.3) is 5.91 Å². The van der Waals surface area contributed by atoms with Crippen molar-refractivity contribution < 1.29 is 32.6 Å². The molecule has 0 spiro atoms. The number of halogens is 4. The number of nitrogens with zero attached hydrogens (tertiary/aromatic N) is 1. The highest BCUT2D eigenvalue weighted by atomic mass is 35.5. The van der Waals surface area contributed by atoms with Crippen molar-refractivity contribution >= 4 is 23.5 Å². The van der Waals surface area contributed by atoms with E-state index in [0.29, 0.717) is 5.02 Å². The number of benzene rings is 2. The SMILES string of the molecule is CC1(c2ccc(C(F)(F)F)cc2)NC(=O)N(CC(O)COCc2ccc(Cl)cc2)C1=O. The Bertz CT molecular complexity index is 951. The first-order valence-electron chi connectivity index (χ1n) is 9.33. The van der Waals surface area contributed by atoms with E-state index in [9.17, 15) is 27.9 Å². The third kappa shape index (κ3) is 5.17. The Hall–Kier alpha value is -2.62. The number of aliphatic hydroxyl groups excluding tert-OH is 1. The number of hydrogen-bond acceptors (Lipinski definition) is 4. The highest BCUT2D eigenvalue weighted by Gasteiger charge is 2.49. The number of carbonyl (C=O) groups is 2. The van der Waals surface area contributed by atoms with Crippen LogP contribution in [0.4, 0.5) is 18.0 Å². The van der Waals surface area contributed by atoms with Crippen LogP contribution in [-0.4, -0.2) is 41.2 Å². The van der Waals surface area contributed by atoms with Gasteiger partial charge in [0.2, 0.25) is 0 Å². The van der Waals surface area contributed by atoms with Crippen molar-refractivity contribution in [3.8, 4) is 0 Å². The molecule has 0 aromatic heterocycles. The van der Waals surface area contributed by atoms with Crippen molar-refractivity contribution in [3.05, 3.63) is 70.2 Å². The zero-order valence-electron chi connectivity index (χ0n) is 16.4. The third-order valence-electron chi connectivity index (χ3n) is 4.95. The quantitative estimate of drug-likeness (QED) is 0.623. The third-order valence-corrected chi connectivity index (χ3v) is 5.20. The summed E-state index contributed by atoms with van der Waals surface area (Å²) in [4.78, 5) is 26.0. The Morgan fingerprint density at radius 1 is 1.13 bits per heavy atom. The minimum absolute atomic E-state index is 0.128. The zero-order chi connectivity index (χ0) is 22.8. The molecule has 6 nitrogen and oxygen atoms in total. The lowest BCUT2D eigenvalue weighted by Gasteiger charge is -2.23. The second kappa shape index (κ2) is 8.86. The maximum Gasteiger partial charge on any atom is 0.416 e. The second-order valence-corrected chi connectivity index (χ2v) is 7.78. The molecule has 3 amide bonds. The first-order valence-corrected chi connectivity index (χ1v) is 9.70. The van der Waals surface area contributed by atoms with E-state index in [-0.39, 0.29) is 25.3 Å². The molecule has 0 aliphatic carbocycles. The van der Waals surface area contributed by atoms with Crippen LogP contribution in [0.3, 0.4) is 0 Å². The summed E-state index contributed by atoms with van der Waals surface area (Å²) >= 11 is 5.81. The predicted molar refractivity (Wildman–Crippen MR) is 106 cm³/mol. The zero-order valence-corrected chi connectivity index (χ0v) is 17.2. The standard InChI is InChI=1S/C21H20ClF3N2O4/c1-20(14-4-6-15(7-5-14)21(23,24)25)18(29)27(19(30)26-20)10-17(28)12-31-11-13-2-8-16(22)9-3-13/h2-9,17,28H,10-12H2,1H3,(H,26,30). The summed E-state index contributed by atoms with van der Waals surface area (Å²) in [5.74, 6) is -0.672. The van der Waals surface area contributed by atoms with E-state index in [0.717, 1.165) is 34.7 Å². The van der Waals surface area contributed by atoms with Crippen molar-refractivity contribution in [1.82, 2.24) is 10.2 Å². The summed E-state index contributed by atoms with van der Waals surface area (Å²) in [5.41, 5.74) is -1.36. The molecule has 1 saturated heterocycles. The molecule has 31 heavy (non-hydrogen) atoms. The molecular formula is C21H20ClF3N2O4. The summed E-state index contributed by atoms with van der Waals surface area (Å²) in [7, 11) is 0. The van der Waals surface area contributed by atoms with Gasteiger partial charge < -0.3 is 15.2 Å². The monoisotopic (exact) mass is 456 g/mol. The summed E-state index contributed by atoms with van der Waals surface area (Å²) in [6.45, 7) is 1.16. The maximum atomic E-state index is 12.8. The molecule has 1 aliphatic rings. The molecule has 166 valence electrons. The average Bonchev–Trinajstić information content (AvgIpc) is 2.93. The molecule has 10 heteroatoms. The summed E-state index contributed by atoms with van der Waals surface area (Å²) in [6, 6.07) is 10.2. The lowest BCUT2D eigenvalue weighted by Crippen LogP contribution is -2.42. The van der Waals surface area contributed by atoms with E-state index in [2.05, 4.69) is 5.32 Å². The van der Waals surface area contributed by atoms with Gasteiger partial charge in [-0.25, -0.2) is 4.79 Å². The Kier molecular flexibility index (Phi) is 6.59. The fraction of sp³-hybridized carbons (Fsp3) is 0.333. The molecule has 2 atom stereocenters. The van der Waals surface area contributed by atoms with Gasteiger partial charge in [0.15, 0.2) is 0 Å². The van der Waals surface area contributed by atoms with E-state index in [1.165, 1.54) is 6.92 Å². The number of carbonyl (C=O) groups excluding carboxylic acids is 2. The fourth-order valence-electron chi connectivity index (χ4n) is 3.21. The largest absolute Gasteiger partial charge is 0.416 e. The number of imide groups is 1. The van der Waals surface area contributed by atoms with E-state index >= 15 is 0 Å². The molecule has 1 heterocycles. The molecule has 2 N–H and O–H groups in total. The smallest absolute Gasteiger partial charge is 0.389 e.